The summed E-state index contributed by atoms with van der Waals surface area (Å²) in [5.74, 6) is 0.282. The van der Waals surface area contributed by atoms with E-state index in [1.54, 1.807) is 12.4 Å². The molecule has 0 aliphatic rings. The maximum Gasteiger partial charge on any atom is 0.141 e. The first-order valence-electron chi connectivity index (χ1n) is 7.77. The fourth-order valence-corrected chi connectivity index (χ4v) is 2.57. The highest BCUT2D eigenvalue weighted by molar-refractivity contribution is 5.88. The predicted octanol–water partition coefficient (Wildman–Crippen LogP) is 3.74. The van der Waals surface area contributed by atoms with Gasteiger partial charge in [0.1, 0.15) is 5.75 Å². The number of hydrogen-bond acceptors (Lipinski definition) is 3. The highest BCUT2D eigenvalue weighted by Crippen LogP contribution is 2.29. The summed E-state index contributed by atoms with van der Waals surface area (Å²) in [5, 5.41) is 14.1. The van der Waals surface area contributed by atoms with Crippen LogP contribution in [0.4, 0.5) is 0 Å². The summed E-state index contributed by atoms with van der Waals surface area (Å²) in [7, 11) is 1.96. The Morgan fingerprint density at radius 3 is 2.96 bits per heavy atom. The van der Waals surface area contributed by atoms with Crippen molar-refractivity contribution in [2.75, 3.05) is 7.05 Å². The van der Waals surface area contributed by atoms with E-state index in [-0.39, 0.29) is 5.75 Å². The fourth-order valence-electron chi connectivity index (χ4n) is 2.57. The van der Waals surface area contributed by atoms with Gasteiger partial charge < -0.3 is 15.0 Å². The second-order valence-electron chi connectivity index (χ2n) is 5.71. The van der Waals surface area contributed by atoms with E-state index in [0.29, 0.717) is 6.04 Å². The van der Waals surface area contributed by atoms with Crippen molar-refractivity contribution in [3.8, 4) is 11.4 Å². The van der Waals surface area contributed by atoms with Crippen molar-refractivity contribution >= 4 is 17.0 Å². The number of para-hydroxylation sites is 1. The van der Waals surface area contributed by atoms with Gasteiger partial charge in [-0.1, -0.05) is 24.3 Å². The van der Waals surface area contributed by atoms with Gasteiger partial charge in [0.25, 0.3) is 0 Å². The van der Waals surface area contributed by atoms with Crippen LogP contribution in [0.25, 0.3) is 22.7 Å². The molecule has 3 rings (SSSR count). The van der Waals surface area contributed by atoms with E-state index in [1.165, 1.54) is 0 Å². The van der Waals surface area contributed by atoms with Gasteiger partial charge in [0, 0.05) is 17.6 Å². The van der Waals surface area contributed by atoms with Crippen LogP contribution in [0.15, 0.2) is 55.0 Å². The zero-order valence-corrected chi connectivity index (χ0v) is 13.4. The zero-order chi connectivity index (χ0) is 16.2. The molecule has 23 heavy (non-hydrogen) atoms. The van der Waals surface area contributed by atoms with Crippen LogP contribution in [-0.4, -0.2) is 27.7 Å². The van der Waals surface area contributed by atoms with Crippen molar-refractivity contribution in [3.63, 3.8) is 0 Å². The summed E-state index contributed by atoms with van der Waals surface area (Å²) in [6.07, 6.45) is 10.6. The molecule has 0 radical (unpaired) electrons. The Bertz CT molecular complexity index is 836. The largest absolute Gasteiger partial charge is 0.506 e. The van der Waals surface area contributed by atoms with Gasteiger partial charge in [-0.2, -0.15) is 0 Å². The monoisotopic (exact) mass is 307 g/mol. The molecule has 118 valence electrons. The Morgan fingerprint density at radius 1 is 1.30 bits per heavy atom. The molecule has 2 N–H and O–H groups in total. The van der Waals surface area contributed by atoms with Crippen LogP contribution < -0.4 is 5.32 Å². The molecule has 2 aromatic heterocycles. The lowest BCUT2D eigenvalue weighted by atomic mass is 10.2. The van der Waals surface area contributed by atoms with E-state index in [4.69, 9.17) is 0 Å². The molecule has 1 aromatic carbocycles. The topological polar surface area (TPSA) is 50.1 Å². The van der Waals surface area contributed by atoms with E-state index in [1.807, 2.05) is 42.1 Å². The molecular weight excluding hydrogens is 286 g/mol. The van der Waals surface area contributed by atoms with Crippen LogP contribution >= 0.6 is 0 Å². The molecule has 1 atom stereocenters. The summed E-state index contributed by atoms with van der Waals surface area (Å²) in [6, 6.07) is 10.3. The van der Waals surface area contributed by atoms with Gasteiger partial charge in [-0.05, 0) is 44.2 Å². The maximum atomic E-state index is 10.1. The number of fused-ring (bicyclic) bond motifs is 1. The molecule has 0 aliphatic heterocycles. The summed E-state index contributed by atoms with van der Waals surface area (Å²) in [4.78, 5) is 4.33. The minimum absolute atomic E-state index is 0.282. The van der Waals surface area contributed by atoms with Crippen LogP contribution in [0.3, 0.4) is 0 Å². The van der Waals surface area contributed by atoms with Gasteiger partial charge in [-0.3, -0.25) is 4.98 Å². The molecule has 0 saturated carbocycles. The Balaban J connectivity index is 1.93. The first-order valence-corrected chi connectivity index (χ1v) is 7.77. The van der Waals surface area contributed by atoms with Crippen molar-refractivity contribution in [3.05, 3.63) is 60.6 Å². The van der Waals surface area contributed by atoms with Crippen molar-refractivity contribution in [1.82, 2.24) is 14.9 Å². The maximum absolute atomic E-state index is 10.1. The number of nitrogens with one attached hydrogen (secondary N) is 1. The lowest BCUT2D eigenvalue weighted by Gasteiger charge is -2.06. The predicted molar refractivity (Wildman–Crippen MR) is 94.9 cm³/mol. The SMILES string of the molecule is CN[C@@H](C)C/C=C/c1cncc(-n2cc(O)c3ccccc32)c1. The van der Waals surface area contributed by atoms with Crippen LogP contribution in [0.2, 0.25) is 0 Å². The van der Waals surface area contributed by atoms with E-state index >= 15 is 0 Å². The smallest absolute Gasteiger partial charge is 0.141 e. The lowest BCUT2D eigenvalue weighted by molar-refractivity contribution is 0.480. The molecule has 4 nitrogen and oxygen atoms in total. The van der Waals surface area contributed by atoms with Crippen LogP contribution in [-0.2, 0) is 0 Å². The first-order chi connectivity index (χ1) is 11.2. The quantitative estimate of drug-likeness (QED) is 0.755. The number of aromatic hydroxyl groups is 1. The summed E-state index contributed by atoms with van der Waals surface area (Å²) < 4.78 is 1.96. The lowest BCUT2D eigenvalue weighted by Crippen LogP contribution is -2.19. The highest BCUT2D eigenvalue weighted by atomic mass is 16.3. The third-order valence-electron chi connectivity index (χ3n) is 4.01. The van der Waals surface area contributed by atoms with Gasteiger partial charge in [0.15, 0.2) is 0 Å². The van der Waals surface area contributed by atoms with Crippen molar-refractivity contribution < 1.29 is 5.11 Å². The highest BCUT2D eigenvalue weighted by Gasteiger charge is 2.08. The number of nitrogens with zero attached hydrogens (tertiary/aromatic N) is 2. The molecule has 0 fully saturated rings. The van der Waals surface area contributed by atoms with Crippen molar-refractivity contribution in [2.45, 2.75) is 19.4 Å². The number of aromatic nitrogens is 2. The summed E-state index contributed by atoms with van der Waals surface area (Å²) in [5.41, 5.74) is 2.95. The van der Waals surface area contributed by atoms with E-state index < -0.39 is 0 Å². The molecule has 0 amide bonds. The molecule has 0 saturated heterocycles. The standard InChI is InChI=1S/C19H21N3O/c1-14(20-2)6-5-7-15-10-16(12-21-11-15)22-13-19(23)17-8-3-4-9-18(17)22/h3-5,7-14,20,23H,6H2,1-2H3/b7-5+/t14-/m0/s1. The average molecular weight is 307 g/mol. The fraction of sp³-hybridized carbons (Fsp3) is 0.211. The van der Waals surface area contributed by atoms with Crippen LogP contribution in [0.1, 0.15) is 18.9 Å². The van der Waals surface area contributed by atoms with E-state index in [9.17, 15) is 5.11 Å². The summed E-state index contributed by atoms with van der Waals surface area (Å²) >= 11 is 0. The van der Waals surface area contributed by atoms with Crippen molar-refractivity contribution in [2.24, 2.45) is 0 Å². The number of benzene rings is 1. The van der Waals surface area contributed by atoms with E-state index in [2.05, 4.69) is 35.4 Å². The zero-order valence-electron chi connectivity index (χ0n) is 13.4. The van der Waals surface area contributed by atoms with E-state index in [0.717, 1.165) is 28.6 Å². The van der Waals surface area contributed by atoms with Gasteiger partial charge in [0.05, 0.1) is 23.6 Å². The van der Waals surface area contributed by atoms with Gasteiger partial charge >= 0.3 is 0 Å². The third-order valence-corrected chi connectivity index (χ3v) is 4.01. The van der Waals surface area contributed by atoms with Gasteiger partial charge in [0.2, 0.25) is 0 Å². The number of rotatable bonds is 5. The number of pyridine rings is 1. The van der Waals surface area contributed by atoms with Crippen LogP contribution in [0.5, 0.6) is 5.75 Å². The Kier molecular flexibility index (Phi) is 4.44. The van der Waals surface area contributed by atoms with Crippen LogP contribution in [0, 0.1) is 0 Å². The van der Waals surface area contributed by atoms with Gasteiger partial charge in [-0.25, -0.2) is 0 Å². The average Bonchev–Trinajstić information content (AvgIpc) is 2.92. The molecule has 0 spiro atoms. The first kappa shape index (κ1) is 15.3. The molecule has 3 aromatic rings. The molecule has 2 heterocycles. The van der Waals surface area contributed by atoms with Gasteiger partial charge in [-0.15, -0.1) is 0 Å². The number of hydrogen-bond donors (Lipinski definition) is 2. The Hall–Kier alpha value is -2.59. The second-order valence-corrected chi connectivity index (χ2v) is 5.71. The second kappa shape index (κ2) is 6.67. The molecule has 0 unspecified atom stereocenters. The minimum Gasteiger partial charge on any atom is -0.506 e. The normalized spacial score (nSPS) is 13.0. The van der Waals surface area contributed by atoms with Crippen molar-refractivity contribution in [1.29, 1.82) is 0 Å². The molecule has 4 heteroatoms. The molecule has 0 bridgehead atoms. The minimum atomic E-state index is 0.282. The third kappa shape index (κ3) is 3.27. The summed E-state index contributed by atoms with van der Waals surface area (Å²) in [6.45, 7) is 2.15. The Labute approximate surface area is 136 Å². The molecule has 0 aliphatic carbocycles. The Morgan fingerprint density at radius 2 is 2.13 bits per heavy atom. The molecular formula is C19H21N3O.